The second kappa shape index (κ2) is 14.9. The fourth-order valence-corrected chi connectivity index (χ4v) is 5.73. The van der Waals surface area contributed by atoms with E-state index in [2.05, 4.69) is 5.32 Å². The minimum Gasteiger partial charge on any atom is -0.354 e. The number of thioether (sulfide) groups is 1. The predicted molar refractivity (Wildman–Crippen MR) is 157 cm³/mol. The van der Waals surface area contributed by atoms with Gasteiger partial charge in [-0.25, -0.2) is 0 Å². The first-order valence-electron chi connectivity index (χ1n) is 11.9. The van der Waals surface area contributed by atoms with E-state index in [4.69, 9.17) is 46.4 Å². The number of amides is 2. The Bertz CT molecular complexity index is 1190. The van der Waals surface area contributed by atoms with Crippen molar-refractivity contribution >= 4 is 70.0 Å². The molecule has 0 unspecified atom stereocenters. The summed E-state index contributed by atoms with van der Waals surface area (Å²) in [6.45, 7) is 2.61. The Hall–Kier alpha value is -1.89. The van der Waals surface area contributed by atoms with Gasteiger partial charge in [-0.15, -0.1) is 11.8 Å². The molecule has 0 saturated carbocycles. The van der Waals surface area contributed by atoms with Gasteiger partial charge in [-0.1, -0.05) is 95.8 Å². The van der Waals surface area contributed by atoms with Crippen LogP contribution in [-0.4, -0.2) is 35.1 Å². The Labute approximate surface area is 242 Å². The molecule has 196 valence electrons. The quantitative estimate of drug-likeness (QED) is 0.233. The number of hydrogen-bond acceptors (Lipinski definition) is 3. The van der Waals surface area contributed by atoms with Gasteiger partial charge in [0.15, 0.2) is 0 Å². The molecule has 1 atom stereocenters. The molecule has 9 heteroatoms. The molecule has 0 aliphatic carbocycles. The molecule has 0 aliphatic rings. The maximum Gasteiger partial charge on any atom is 0.243 e. The van der Waals surface area contributed by atoms with Crippen LogP contribution in [0.1, 0.15) is 30.0 Å². The van der Waals surface area contributed by atoms with Crippen molar-refractivity contribution in [2.75, 3.05) is 12.3 Å². The van der Waals surface area contributed by atoms with Gasteiger partial charge in [-0.3, -0.25) is 9.59 Å². The fraction of sp³-hybridized carbons (Fsp3) is 0.286. The first kappa shape index (κ1) is 29.7. The molecule has 0 heterocycles. The Morgan fingerprint density at radius 1 is 0.919 bits per heavy atom. The van der Waals surface area contributed by atoms with Crippen LogP contribution in [0.3, 0.4) is 0 Å². The van der Waals surface area contributed by atoms with Gasteiger partial charge in [0.1, 0.15) is 6.04 Å². The van der Waals surface area contributed by atoms with E-state index in [0.29, 0.717) is 44.4 Å². The van der Waals surface area contributed by atoms with E-state index in [1.165, 1.54) is 11.8 Å². The normalized spacial score (nSPS) is 11.7. The van der Waals surface area contributed by atoms with Crippen molar-refractivity contribution in [2.24, 2.45) is 0 Å². The van der Waals surface area contributed by atoms with Crippen molar-refractivity contribution in [2.45, 2.75) is 38.1 Å². The summed E-state index contributed by atoms with van der Waals surface area (Å²) in [5.41, 5.74) is 2.43. The van der Waals surface area contributed by atoms with Crippen LogP contribution in [0.5, 0.6) is 0 Å². The summed E-state index contributed by atoms with van der Waals surface area (Å²) in [7, 11) is 0. The topological polar surface area (TPSA) is 49.4 Å². The van der Waals surface area contributed by atoms with Crippen LogP contribution in [0.25, 0.3) is 0 Å². The Morgan fingerprint density at radius 3 is 2.27 bits per heavy atom. The Morgan fingerprint density at radius 2 is 1.62 bits per heavy atom. The molecule has 0 saturated heterocycles. The van der Waals surface area contributed by atoms with Gasteiger partial charge in [0, 0.05) is 50.9 Å². The average molecular weight is 598 g/mol. The van der Waals surface area contributed by atoms with E-state index in [9.17, 15) is 9.59 Å². The van der Waals surface area contributed by atoms with Gasteiger partial charge in [-0.05, 0) is 41.8 Å². The highest BCUT2D eigenvalue weighted by atomic mass is 35.5. The highest BCUT2D eigenvalue weighted by Crippen LogP contribution is 2.29. The van der Waals surface area contributed by atoms with Gasteiger partial charge in [0.25, 0.3) is 0 Å². The van der Waals surface area contributed by atoms with Gasteiger partial charge in [0.2, 0.25) is 11.8 Å². The van der Waals surface area contributed by atoms with E-state index in [0.717, 1.165) is 17.5 Å². The van der Waals surface area contributed by atoms with Crippen LogP contribution in [-0.2, 0) is 28.3 Å². The van der Waals surface area contributed by atoms with Crippen LogP contribution in [0.4, 0.5) is 0 Å². The lowest BCUT2D eigenvalue weighted by Gasteiger charge is -2.32. The fourth-order valence-electron chi connectivity index (χ4n) is 3.74. The van der Waals surface area contributed by atoms with Crippen LogP contribution < -0.4 is 5.32 Å². The lowest BCUT2D eigenvalue weighted by molar-refractivity contribution is -0.139. The molecule has 3 rings (SSSR count). The third-order valence-electron chi connectivity index (χ3n) is 5.71. The van der Waals surface area contributed by atoms with Crippen LogP contribution >= 0.6 is 58.2 Å². The molecule has 3 aromatic rings. The second-order valence-electron chi connectivity index (χ2n) is 8.45. The largest absolute Gasteiger partial charge is 0.354 e. The van der Waals surface area contributed by atoms with Crippen LogP contribution in [0.2, 0.25) is 20.1 Å². The number of nitrogens with one attached hydrogen (secondary N) is 1. The molecule has 0 radical (unpaired) electrons. The minimum atomic E-state index is -0.742. The molecule has 0 spiro atoms. The summed E-state index contributed by atoms with van der Waals surface area (Å²) in [6, 6.07) is 19.4. The molecular formula is C28H28Cl4N2O2S. The van der Waals surface area contributed by atoms with E-state index in [1.54, 1.807) is 35.2 Å². The van der Waals surface area contributed by atoms with Crippen molar-refractivity contribution in [1.82, 2.24) is 10.2 Å². The number of nitrogens with zero attached hydrogens (tertiary/aromatic N) is 1. The number of rotatable bonds is 12. The van der Waals surface area contributed by atoms with Gasteiger partial charge in [-0.2, -0.15) is 0 Å². The summed E-state index contributed by atoms with van der Waals surface area (Å²) in [4.78, 5) is 28.7. The summed E-state index contributed by atoms with van der Waals surface area (Å²) in [5.74, 6) is 0.257. The maximum atomic E-state index is 13.7. The Balaban J connectivity index is 1.88. The molecule has 2 amide bonds. The van der Waals surface area contributed by atoms with Crippen molar-refractivity contribution in [3.05, 3.63) is 104 Å². The summed E-state index contributed by atoms with van der Waals surface area (Å²) < 4.78 is 0. The zero-order valence-electron chi connectivity index (χ0n) is 20.4. The highest BCUT2D eigenvalue weighted by Gasteiger charge is 2.31. The van der Waals surface area contributed by atoms with Crippen molar-refractivity contribution in [3.63, 3.8) is 0 Å². The molecule has 0 bridgehead atoms. The second-order valence-corrected chi connectivity index (χ2v) is 11.1. The lowest BCUT2D eigenvalue weighted by Crippen LogP contribution is -2.51. The zero-order valence-corrected chi connectivity index (χ0v) is 24.2. The molecule has 0 aromatic heterocycles. The smallest absolute Gasteiger partial charge is 0.243 e. The summed E-state index contributed by atoms with van der Waals surface area (Å²) in [5, 5.41) is 4.95. The predicted octanol–water partition coefficient (Wildman–Crippen LogP) is 7.70. The molecule has 3 aromatic carbocycles. The van der Waals surface area contributed by atoms with Gasteiger partial charge >= 0.3 is 0 Å². The molecule has 4 nitrogen and oxygen atoms in total. The minimum absolute atomic E-state index is 0.108. The van der Waals surface area contributed by atoms with Crippen molar-refractivity contribution < 1.29 is 9.59 Å². The molecule has 37 heavy (non-hydrogen) atoms. The number of carbonyl (C=O) groups excluding carboxylic acids is 2. The van der Waals surface area contributed by atoms with Crippen LogP contribution in [0, 0.1) is 0 Å². The molecule has 0 aliphatic heterocycles. The standard InChI is InChI=1S/C28H28Cl4N2O2S/c1-2-13-33-28(36)26(14-19-7-4-3-5-8-19)34(16-22-23(30)9-6-10-24(22)31)27(35)18-37-17-20-11-12-21(29)15-25(20)32/h3-12,15,26H,2,13-14,16-18H2,1H3,(H,33,36)/t26-/m1/s1. The van der Waals surface area contributed by atoms with E-state index < -0.39 is 6.04 Å². The SMILES string of the molecule is CCCNC(=O)[C@@H](Cc1ccccc1)N(Cc1c(Cl)cccc1Cl)C(=O)CSCc1ccc(Cl)cc1Cl. The lowest BCUT2D eigenvalue weighted by atomic mass is 10.0. The van der Waals surface area contributed by atoms with E-state index >= 15 is 0 Å². The average Bonchev–Trinajstić information content (AvgIpc) is 2.88. The van der Waals surface area contributed by atoms with Gasteiger partial charge in [0.05, 0.1) is 5.75 Å². The van der Waals surface area contributed by atoms with E-state index in [-0.39, 0.29) is 24.1 Å². The van der Waals surface area contributed by atoms with Crippen molar-refractivity contribution in [3.8, 4) is 0 Å². The number of halogens is 4. The molecule has 0 fully saturated rings. The number of benzene rings is 3. The van der Waals surface area contributed by atoms with Crippen molar-refractivity contribution in [1.29, 1.82) is 0 Å². The summed E-state index contributed by atoms with van der Waals surface area (Å²) in [6.07, 6.45) is 1.14. The third kappa shape index (κ3) is 8.83. The Kier molecular flexibility index (Phi) is 11.9. The first-order valence-corrected chi connectivity index (χ1v) is 14.5. The zero-order chi connectivity index (χ0) is 26.8. The third-order valence-corrected chi connectivity index (χ3v) is 7.97. The number of carbonyl (C=O) groups is 2. The van der Waals surface area contributed by atoms with Crippen LogP contribution in [0.15, 0.2) is 66.7 Å². The summed E-state index contributed by atoms with van der Waals surface area (Å²) >= 11 is 26.7. The first-order chi connectivity index (χ1) is 17.8. The van der Waals surface area contributed by atoms with Gasteiger partial charge < -0.3 is 10.2 Å². The maximum absolute atomic E-state index is 13.7. The van der Waals surface area contributed by atoms with E-state index in [1.807, 2.05) is 43.3 Å². The monoisotopic (exact) mass is 596 g/mol. The molecular weight excluding hydrogens is 570 g/mol. The highest BCUT2D eigenvalue weighted by molar-refractivity contribution is 7.99. The molecule has 1 N–H and O–H groups in total. The number of hydrogen-bond donors (Lipinski definition) is 1.